The van der Waals surface area contributed by atoms with Gasteiger partial charge in [0.25, 0.3) is 5.91 Å². The van der Waals surface area contributed by atoms with Crippen molar-refractivity contribution in [2.24, 2.45) is 0 Å². The molecular formula is C24H26BrClN4O2. The van der Waals surface area contributed by atoms with Crippen molar-refractivity contribution in [2.75, 3.05) is 18.4 Å². The van der Waals surface area contributed by atoms with Crippen LogP contribution < -0.4 is 5.32 Å². The molecule has 1 heterocycles. The molecule has 0 bridgehead atoms. The van der Waals surface area contributed by atoms with E-state index < -0.39 is 0 Å². The van der Waals surface area contributed by atoms with Crippen LogP contribution in [0.15, 0.2) is 59.1 Å². The van der Waals surface area contributed by atoms with E-state index in [1.807, 2.05) is 25.1 Å². The van der Waals surface area contributed by atoms with Crippen LogP contribution in [0.3, 0.4) is 0 Å². The summed E-state index contributed by atoms with van der Waals surface area (Å²) in [7, 11) is 0. The number of carbonyl (C=O) groups excluding carboxylic acids is 2. The van der Waals surface area contributed by atoms with Gasteiger partial charge in [-0.3, -0.25) is 9.59 Å². The molecule has 2 aromatic carbocycles. The van der Waals surface area contributed by atoms with E-state index >= 15 is 0 Å². The lowest BCUT2D eigenvalue weighted by molar-refractivity contribution is -0.116. The maximum atomic E-state index is 12.9. The number of likely N-dealkylation sites (N-methyl/N-ethyl adjacent to an activating group) is 1. The minimum absolute atomic E-state index is 0.0674. The van der Waals surface area contributed by atoms with Gasteiger partial charge in [0.15, 0.2) is 0 Å². The smallest absolute Gasteiger partial charge is 0.254 e. The summed E-state index contributed by atoms with van der Waals surface area (Å²) < 4.78 is 2.57. The normalized spacial score (nSPS) is 11.3. The summed E-state index contributed by atoms with van der Waals surface area (Å²) in [6, 6.07) is 16.2. The first-order valence-corrected chi connectivity index (χ1v) is 11.5. The molecule has 3 rings (SSSR count). The van der Waals surface area contributed by atoms with Gasteiger partial charge in [-0.1, -0.05) is 48.3 Å². The van der Waals surface area contributed by atoms with Crippen molar-refractivity contribution >= 4 is 45.2 Å². The zero-order valence-corrected chi connectivity index (χ0v) is 20.9. The largest absolute Gasteiger partial charge is 0.330 e. The molecule has 0 saturated heterocycles. The first-order valence-electron chi connectivity index (χ1n) is 10.3. The third kappa shape index (κ3) is 5.78. The number of hydrogen-bond donors (Lipinski definition) is 1. The monoisotopic (exact) mass is 516 g/mol. The van der Waals surface area contributed by atoms with Crippen LogP contribution in [0.5, 0.6) is 0 Å². The first-order chi connectivity index (χ1) is 15.1. The Morgan fingerprint density at radius 3 is 2.28 bits per heavy atom. The van der Waals surface area contributed by atoms with Crippen molar-refractivity contribution < 1.29 is 9.59 Å². The van der Waals surface area contributed by atoms with Crippen LogP contribution >= 0.6 is 27.5 Å². The zero-order chi connectivity index (χ0) is 23.5. The van der Waals surface area contributed by atoms with Crippen molar-refractivity contribution in [1.82, 2.24) is 14.7 Å². The number of hydrogen-bond acceptors (Lipinski definition) is 3. The van der Waals surface area contributed by atoms with E-state index in [9.17, 15) is 9.59 Å². The highest BCUT2D eigenvalue weighted by molar-refractivity contribution is 9.10. The van der Waals surface area contributed by atoms with E-state index in [0.717, 1.165) is 15.9 Å². The quantitative estimate of drug-likeness (QED) is 0.457. The fourth-order valence-electron chi connectivity index (χ4n) is 3.07. The van der Waals surface area contributed by atoms with Gasteiger partial charge in [-0.25, -0.2) is 4.68 Å². The van der Waals surface area contributed by atoms with Crippen LogP contribution in [-0.2, 0) is 10.2 Å². The van der Waals surface area contributed by atoms with Crippen molar-refractivity contribution in [3.05, 3.63) is 75.4 Å². The molecule has 0 radical (unpaired) electrons. The summed E-state index contributed by atoms with van der Waals surface area (Å²) in [5, 5.41) is 8.24. The van der Waals surface area contributed by atoms with Crippen molar-refractivity contribution in [3.8, 4) is 5.69 Å². The fraction of sp³-hybridized carbons (Fsp3) is 0.292. The molecule has 32 heavy (non-hydrogen) atoms. The molecule has 0 unspecified atom stereocenters. The zero-order valence-electron chi connectivity index (χ0n) is 18.5. The van der Waals surface area contributed by atoms with Gasteiger partial charge in [0.05, 0.1) is 11.4 Å². The number of anilines is 1. The second-order valence-corrected chi connectivity index (χ2v) is 9.78. The predicted molar refractivity (Wildman–Crippen MR) is 132 cm³/mol. The Morgan fingerprint density at radius 2 is 1.72 bits per heavy atom. The average Bonchev–Trinajstić information content (AvgIpc) is 3.17. The Morgan fingerprint density at radius 1 is 1.09 bits per heavy atom. The third-order valence-electron chi connectivity index (χ3n) is 4.91. The molecule has 0 atom stereocenters. The van der Waals surface area contributed by atoms with Crippen LogP contribution in [-0.4, -0.2) is 39.6 Å². The Hall–Kier alpha value is -2.64. The lowest BCUT2D eigenvalue weighted by Crippen LogP contribution is -2.38. The van der Waals surface area contributed by atoms with Gasteiger partial charge in [-0.05, 0) is 55.5 Å². The molecule has 1 aromatic heterocycles. The molecule has 0 saturated carbocycles. The SMILES string of the molecule is CCN(CC(=O)Nc1cc(C(C)(C)C)nn1-c1ccc(Cl)cc1)C(=O)c1ccc(Br)cc1. The maximum absolute atomic E-state index is 12.9. The Labute approximate surface area is 201 Å². The van der Waals surface area contributed by atoms with Crippen molar-refractivity contribution in [2.45, 2.75) is 33.1 Å². The van der Waals surface area contributed by atoms with E-state index in [2.05, 4.69) is 42.0 Å². The molecule has 0 spiro atoms. The van der Waals surface area contributed by atoms with E-state index in [1.54, 1.807) is 41.1 Å². The highest BCUT2D eigenvalue weighted by Gasteiger charge is 2.23. The van der Waals surface area contributed by atoms with Crippen molar-refractivity contribution in [1.29, 1.82) is 0 Å². The number of nitrogens with zero attached hydrogens (tertiary/aromatic N) is 3. The molecular weight excluding hydrogens is 492 g/mol. The van der Waals surface area contributed by atoms with Gasteiger partial charge in [0.2, 0.25) is 5.91 Å². The predicted octanol–water partition coefficient (Wildman–Crippen LogP) is 5.69. The fourth-order valence-corrected chi connectivity index (χ4v) is 3.46. The average molecular weight is 518 g/mol. The molecule has 0 fully saturated rings. The second-order valence-electron chi connectivity index (χ2n) is 8.43. The molecule has 1 N–H and O–H groups in total. The summed E-state index contributed by atoms with van der Waals surface area (Å²) in [5.41, 5.74) is 1.94. The molecule has 0 aliphatic heterocycles. The maximum Gasteiger partial charge on any atom is 0.254 e. The van der Waals surface area contributed by atoms with Gasteiger partial charge >= 0.3 is 0 Å². The van der Waals surface area contributed by atoms with E-state index in [1.165, 1.54) is 4.90 Å². The standard InChI is InChI=1S/C24H26BrClN4O2/c1-5-29(23(32)16-6-8-17(25)9-7-16)15-22(31)27-21-14-20(24(2,3)4)28-30(21)19-12-10-18(26)11-13-19/h6-14H,5,15H2,1-4H3,(H,27,31). The van der Waals surface area contributed by atoms with Crippen LogP contribution in [0.4, 0.5) is 5.82 Å². The van der Waals surface area contributed by atoms with Crippen LogP contribution in [0, 0.1) is 0 Å². The number of rotatable bonds is 6. The van der Waals surface area contributed by atoms with E-state index in [0.29, 0.717) is 22.9 Å². The van der Waals surface area contributed by atoms with Gasteiger partial charge in [0, 0.05) is 33.1 Å². The van der Waals surface area contributed by atoms with Gasteiger partial charge < -0.3 is 10.2 Å². The highest BCUT2D eigenvalue weighted by Crippen LogP contribution is 2.27. The molecule has 3 aromatic rings. The topological polar surface area (TPSA) is 67.2 Å². The van der Waals surface area contributed by atoms with E-state index in [-0.39, 0.29) is 23.8 Å². The van der Waals surface area contributed by atoms with Crippen LogP contribution in [0.25, 0.3) is 5.69 Å². The number of amides is 2. The molecule has 8 heteroatoms. The number of aromatic nitrogens is 2. The van der Waals surface area contributed by atoms with Gasteiger partial charge in [-0.2, -0.15) is 5.10 Å². The second kappa shape index (κ2) is 9.88. The number of halogens is 2. The third-order valence-corrected chi connectivity index (χ3v) is 5.69. The Kier molecular flexibility index (Phi) is 7.41. The molecule has 0 aliphatic rings. The summed E-state index contributed by atoms with van der Waals surface area (Å²) >= 11 is 9.39. The number of benzene rings is 2. The van der Waals surface area contributed by atoms with E-state index in [4.69, 9.17) is 16.7 Å². The minimum atomic E-state index is -0.298. The van der Waals surface area contributed by atoms with Gasteiger partial charge in [-0.15, -0.1) is 0 Å². The molecule has 2 amide bonds. The summed E-state index contributed by atoms with van der Waals surface area (Å²) in [4.78, 5) is 27.2. The lowest BCUT2D eigenvalue weighted by Gasteiger charge is -2.20. The summed E-state index contributed by atoms with van der Waals surface area (Å²) in [6.45, 7) is 8.36. The number of carbonyl (C=O) groups is 2. The van der Waals surface area contributed by atoms with Crippen molar-refractivity contribution in [3.63, 3.8) is 0 Å². The van der Waals surface area contributed by atoms with Crippen LogP contribution in [0.1, 0.15) is 43.7 Å². The Bertz CT molecular complexity index is 1100. The molecule has 0 aliphatic carbocycles. The number of nitrogens with one attached hydrogen (secondary N) is 1. The summed E-state index contributed by atoms with van der Waals surface area (Å²) in [5.74, 6) is 0.0408. The summed E-state index contributed by atoms with van der Waals surface area (Å²) in [6.07, 6.45) is 0. The highest BCUT2D eigenvalue weighted by atomic mass is 79.9. The minimum Gasteiger partial charge on any atom is -0.330 e. The first kappa shape index (κ1) is 24.0. The van der Waals surface area contributed by atoms with Gasteiger partial charge in [0.1, 0.15) is 12.4 Å². The molecule has 6 nitrogen and oxygen atoms in total. The molecule has 168 valence electrons. The van der Waals surface area contributed by atoms with Crippen LogP contribution in [0.2, 0.25) is 5.02 Å². The Balaban J connectivity index is 1.82. The lowest BCUT2D eigenvalue weighted by atomic mass is 9.92.